The number of nitrogens with one attached hydrogen (secondary N) is 2. The van der Waals surface area contributed by atoms with E-state index in [0.717, 1.165) is 44.3 Å². The van der Waals surface area contributed by atoms with Crippen LogP contribution >= 0.6 is 0 Å². The van der Waals surface area contributed by atoms with Gasteiger partial charge in [0, 0.05) is 18.7 Å². The van der Waals surface area contributed by atoms with E-state index in [2.05, 4.69) is 31.6 Å². The fraction of sp³-hybridized carbons (Fsp3) is 0.824. The first kappa shape index (κ1) is 20.1. The van der Waals surface area contributed by atoms with Gasteiger partial charge in [0.25, 0.3) is 5.91 Å². The van der Waals surface area contributed by atoms with Crippen molar-refractivity contribution in [2.75, 3.05) is 13.1 Å². The van der Waals surface area contributed by atoms with Crippen molar-refractivity contribution < 1.29 is 4.79 Å². The molecule has 0 rings (SSSR count). The van der Waals surface area contributed by atoms with Crippen molar-refractivity contribution in [1.29, 1.82) is 0 Å². The highest BCUT2D eigenvalue weighted by Gasteiger charge is 2.14. The Morgan fingerprint density at radius 3 is 1.86 bits per heavy atom. The number of hydrogen-bond acceptors (Lipinski definition) is 3. The van der Waals surface area contributed by atoms with Crippen LogP contribution in [0.3, 0.4) is 0 Å². The van der Waals surface area contributed by atoms with Gasteiger partial charge in [0.1, 0.15) is 0 Å². The highest BCUT2D eigenvalue weighted by atomic mass is 16.2. The van der Waals surface area contributed by atoms with Crippen molar-refractivity contribution in [3.05, 3.63) is 11.6 Å². The molecule has 0 bridgehead atoms. The van der Waals surface area contributed by atoms with E-state index in [1.54, 1.807) is 5.12 Å². The third-order valence-corrected chi connectivity index (χ3v) is 3.38. The summed E-state index contributed by atoms with van der Waals surface area (Å²) in [6.45, 7) is 10.1. The molecule has 2 N–H and O–H groups in total. The molecule has 0 saturated carbocycles. The van der Waals surface area contributed by atoms with E-state index >= 15 is 0 Å². The quantitative estimate of drug-likeness (QED) is 0.307. The van der Waals surface area contributed by atoms with Crippen LogP contribution in [-0.4, -0.2) is 24.1 Å². The Morgan fingerprint density at radius 1 is 0.905 bits per heavy atom. The largest absolute Gasteiger partial charge is 0.278 e. The second-order valence-electron chi connectivity index (χ2n) is 5.55. The van der Waals surface area contributed by atoms with Gasteiger partial charge in [-0.25, -0.2) is 16.0 Å². The summed E-state index contributed by atoms with van der Waals surface area (Å²) in [5.41, 5.74) is 7.25. The predicted octanol–water partition coefficient (Wildman–Crippen LogP) is 3.95. The van der Waals surface area contributed by atoms with Gasteiger partial charge in [0.2, 0.25) is 0 Å². The Kier molecular flexibility index (Phi) is 13.5. The molecule has 0 fully saturated rings. The number of carbonyl (C=O) groups excluding carboxylic acids is 1. The minimum atomic E-state index is 0.0384. The van der Waals surface area contributed by atoms with Crippen LogP contribution in [0.1, 0.15) is 79.1 Å². The fourth-order valence-electron chi connectivity index (χ4n) is 1.96. The van der Waals surface area contributed by atoms with Gasteiger partial charge in [-0.15, -0.1) is 0 Å². The first-order chi connectivity index (χ1) is 10.2. The number of allylic oxidation sites excluding steroid dienone is 1. The monoisotopic (exact) mass is 297 g/mol. The van der Waals surface area contributed by atoms with Crippen molar-refractivity contribution in [1.82, 2.24) is 16.0 Å². The lowest BCUT2D eigenvalue weighted by atomic mass is 10.2. The Hall–Kier alpha value is -0.870. The second-order valence-corrected chi connectivity index (χ2v) is 5.55. The molecule has 0 unspecified atom stereocenters. The number of nitrogens with zero attached hydrogens (tertiary/aromatic N) is 1. The molecule has 0 aliphatic heterocycles. The van der Waals surface area contributed by atoms with E-state index < -0.39 is 0 Å². The van der Waals surface area contributed by atoms with Gasteiger partial charge in [-0.3, -0.25) is 4.79 Å². The van der Waals surface area contributed by atoms with Gasteiger partial charge >= 0.3 is 0 Å². The number of unbranched alkanes of at least 4 members (excludes halogenated alkanes) is 5. The summed E-state index contributed by atoms with van der Waals surface area (Å²) >= 11 is 0. The van der Waals surface area contributed by atoms with Gasteiger partial charge in [-0.2, -0.15) is 0 Å². The molecular weight excluding hydrogens is 262 g/mol. The lowest BCUT2D eigenvalue weighted by Gasteiger charge is -2.24. The zero-order valence-electron chi connectivity index (χ0n) is 14.5. The lowest BCUT2D eigenvalue weighted by molar-refractivity contribution is -0.134. The predicted molar refractivity (Wildman–Crippen MR) is 90.6 cm³/mol. The Morgan fingerprint density at radius 2 is 1.43 bits per heavy atom. The average Bonchev–Trinajstić information content (AvgIpc) is 2.50. The summed E-state index contributed by atoms with van der Waals surface area (Å²) in [5, 5.41) is 1.59. The molecule has 0 aromatic heterocycles. The smallest absolute Gasteiger partial charge is 0.267 e. The summed E-state index contributed by atoms with van der Waals surface area (Å²) in [4.78, 5) is 12.4. The Labute approximate surface area is 131 Å². The molecule has 0 radical (unpaired) electrons. The summed E-state index contributed by atoms with van der Waals surface area (Å²) in [6, 6.07) is 0. The van der Waals surface area contributed by atoms with Crippen molar-refractivity contribution >= 4 is 5.91 Å². The Bertz CT molecular complexity index is 278. The topological polar surface area (TPSA) is 44.4 Å². The van der Waals surface area contributed by atoms with E-state index in [9.17, 15) is 4.79 Å². The van der Waals surface area contributed by atoms with Crippen LogP contribution in [-0.2, 0) is 4.79 Å². The van der Waals surface area contributed by atoms with Crippen molar-refractivity contribution in [2.24, 2.45) is 0 Å². The van der Waals surface area contributed by atoms with Gasteiger partial charge in [0.05, 0.1) is 0 Å². The summed E-state index contributed by atoms with van der Waals surface area (Å²) in [5.74, 6) is 0.0384. The highest BCUT2D eigenvalue weighted by molar-refractivity contribution is 5.92. The van der Waals surface area contributed by atoms with E-state index in [4.69, 9.17) is 0 Å². The summed E-state index contributed by atoms with van der Waals surface area (Å²) < 4.78 is 0. The van der Waals surface area contributed by atoms with Crippen LogP contribution in [0.5, 0.6) is 0 Å². The van der Waals surface area contributed by atoms with Crippen molar-refractivity contribution in [3.8, 4) is 0 Å². The maximum absolute atomic E-state index is 12.4. The molecule has 1 amide bonds. The zero-order chi connectivity index (χ0) is 15.9. The van der Waals surface area contributed by atoms with E-state index in [1.165, 1.54) is 25.7 Å². The molecule has 0 heterocycles. The van der Waals surface area contributed by atoms with E-state index in [1.807, 2.05) is 13.0 Å². The maximum Gasteiger partial charge on any atom is 0.278 e. The molecule has 0 aliphatic carbocycles. The minimum Gasteiger partial charge on any atom is -0.267 e. The van der Waals surface area contributed by atoms with Crippen LogP contribution in [0, 0.1) is 0 Å². The number of carbonyl (C=O) groups is 1. The highest BCUT2D eigenvalue weighted by Crippen LogP contribution is 2.02. The molecule has 0 aliphatic rings. The third kappa shape index (κ3) is 10.5. The van der Waals surface area contributed by atoms with Crippen LogP contribution in [0.25, 0.3) is 0 Å². The molecular formula is C17H35N3O. The fourth-order valence-corrected chi connectivity index (χ4v) is 1.96. The van der Waals surface area contributed by atoms with Crippen LogP contribution in [0.4, 0.5) is 0 Å². The summed E-state index contributed by atoms with van der Waals surface area (Å²) in [6.07, 6.45) is 11.0. The third-order valence-electron chi connectivity index (χ3n) is 3.38. The molecule has 124 valence electrons. The molecule has 4 heteroatoms. The molecule has 0 aromatic rings. The maximum atomic E-state index is 12.4. The molecule has 0 saturated heterocycles. The number of hydrogen-bond donors (Lipinski definition) is 2. The first-order valence-electron chi connectivity index (χ1n) is 8.65. The standard InChI is InChI=1S/C17H35N3O/c1-5-8-11-14-18-20(19-15-12-9-6-2)17(21)16(4)13-10-7-3/h13,18-19H,5-12,14-15H2,1-4H3. The average molecular weight is 297 g/mol. The molecule has 4 nitrogen and oxygen atoms in total. The van der Waals surface area contributed by atoms with Crippen LogP contribution < -0.4 is 10.9 Å². The van der Waals surface area contributed by atoms with E-state index in [0.29, 0.717) is 0 Å². The van der Waals surface area contributed by atoms with Crippen molar-refractivity contribution in [2.45, 2.75) is 79.1 Å². The SMILES string of the molecule is CCCC=C(C)C(=O)N(NCCCCC)NCCCCC. The van der Waals surface area contributed by atoms with Gasteiger partial charge in [-0.05, 0) is 26.2 Å². The van der Waals surface area contributed by atoms with Crippen molar-refractivity contribution in [3.63, 3.8) is 0 Å². The minimum absolute atomic E-state index is 0.0384. The van der Waals surface area contributed by atoms with Gasteiger partial charge in [0.15, 0.2) is 0 Å². The van der Waals surface area contributed by atoms with Crippen LogP contribution in [0.2, 0.25) is 0 Å². The molecule has 0 aromatic carbocycles. The molecule has 21 heavy (non-hydrogen) atoms. The summed E-state index contributed by atoms with van der Waals surface area (Å²) in [7, 11) is 0. The lowest BCUT2D eigenvalue weighted by Crippen LogP contribution is -2.52. The van der Waals surface area contributed by atoms with Gasteiger partial charge < -0.3 is 0 Å². The number of hydrazine groups is 2. The second kappa shape index (κ2) is 14.1. The Balaban J connectivity index is 4.35. The molecule has 0 spiro atoms. The van der Waals surface area contributed by atoms with Gasteiger partial charge in [-0.1, -0.05) is 59.0 Å². The molecule has 0 atom stereocenters. The van der Waals surface area contributed by atoms with E-state index in [-0.39, 0.29) is 5.91 Å². The van der Waals surface area contributed by atoms with Crippen LogP contribution in [0.15, 0.2) is 11.6 Å². The zero-order valence-corrected chi connectivity index (χ0v) is 14.5. The normalized spacial score (nSPS) is 11.7. The number of rotatable bonds is 13. The number of amides is 1. The first-order valence-corrected chi connectivity index (χ1v) is 8.65.